The van der Waals surface area contributed by atoms with E-state index in [9.17, 15) is 9.59 Å². The average Bonchev–Trinajstić information content (AvgIpc) is 2.21. The van der Waals surface area contributed by atoms with E-state index in [1.165, 1.54) is 14.2 Å². The van der Waals surface area contributed by atoms with Crippen molar-refractivity contribution in [2.24, 2.45) is 11.3 Å². The smallest absolute Gasteiger partial charge is 0.316 e. The first-order valence-corrected chi connectivity index (χ1v) is 5.76. The summed E-state index contributed by atoms with van der Waals surface area (Å²) in [6.45, 7) is 5.71. The largest absolute Gasteiger partial charge is 0.481 e. The summed E-state index contributed by atoms with van der Waals surface area (Å²) in [7, 11) is 3.04. The first-order valence-electron chi connectivity index (χ1n) is 5.76. The maximum Gasteiger partial charge on any atom is 0.316 e. The van der Waals surface area contributed by atoms with Gasteiger partial charge >= 0.3 is 5.97 Å². The standard InChI is InChI=1S/C12H23NO5/c1-12(2,3)9(11(15)16)10(14)13-6-8(18-5)7-17-4/h8-9H,6-7H2,1-5H3,(H,13,14)(H,15,16). The van der Waals surface area contributed by atoms with Gasteiger partial charge in [0.1, 0.15) is 5.92 Å². The predicted octanol–water partition coefficient (Wildman–Crippen LogP) is 0.511. The van der Waals surface area contributed by atoms with Gasteiger partial charge in [0.25, 0.3) is 0 Å². The Labute approximate surface area is 108 Å². The second kappa shape index (κ2) is 7.33. The Bertz CT molecular complexity index is 285. The summed E-state index contributed by atoms with van der Waals surface area (Å²) in [4.78, 5) is 23.0. The van der Waals surface area contributed by atoms with Crippen LogP contribution in [0.15, 0.2) is 0 Å². The van der Waals surface area contributed by atoms with Crippen LogP contribution in [0, 0.1) is 11.3 Å². The second-order valence-corrected chi connectivity index (χ2v) is 5.20. The van der Waals surface area contributed by atoms with Crippen molar-refractivity contribution in [3.63, 3.8) is 0 Å². The van der Waals surface area contributed by atoms with Gasteiger partial charge in [-0.2, -0.15) is 0 Å². The highest BCUT2D eigenvalue weighted by atomic mass is 16.5. The molecule has 0 aromatic carbocycles. The lowest BCUT2D eigenvalue weighted by atomic mass is 9.80. The first kappa shape index (κ1) is 16.9. The van der Waals surface area contributed by atoms with Crippen molar-refractivity contribution in [1.82, 2.24) is 5.32 Å². The van der Waals surface area contributed by atoms with E-state index >= 15 is 0 Å². The summed E-state index contributed by atoms with van der Waals surface area (Å²) in [5.41, 5.74) is -0.639. The Hall–Kier alpha value is -1.14. The van der Waals surface area contributed by atoms with Crippen LogP contribution in [0.5, 0.6) is 0 Å². The van der Waals surface area contributed by atoms with Crippen LogP contribution in [0.2, 0.25) is 0 Å². The number of amides is 1. The fourth-order valence-corrected chi connectivity index (χ4v) is 1.59. The van der Waals surface area contributed by atoms with E-state index in [0.717, 1.165) is 0 Å². The Balaban J connectivity index is 4.49. The van der Waals surface area contributed by atoms with Crippen LogP contribution in [0.3, 0.4) is 0 Å². The third-order valence-corrected chi connectivity index (χ3v) is 2.57. The Morgan fingerprint density at radius 2 is 1.83 bits per heavy atom. The van der Waals surface area contributed by atoms with Crippen LogP contribution in [0.1, 0.15) is 20.8 Å². The lowest BCUT2D eigenvalue weighted by molar-refractivity contribution is -0.151. The lowest BCUT2D eigenvalue weighted by Gasteiger charge is -2.26. The molecule has 0 heterocycles. The van der Waals surface area contributed by atoms with Gasteiger partial charge in [-0.25, -0.2) is 0 Å². The van der Waals surface area contributed by atoms with Crippen LogP contribution in [0.25, 0.3) is 0 Å². The SMILES string of the molecule is COCC(CNC(=O)C(C(=O)O)C(C)(C)C)OC. The quantitative estimate of drug-likeness (QED) is 0.652. The molecule has 1 amide bonds. The zero-order valence-corrected chi connectivity index (χ0v) is 11.6. The van der Waals surface area contributed by atoms with Gasteiger partial charge in [-0.1, -0.05) is 20.8 Å². The van der Waals surface area contributed by atoms with Gasteiger partial charge in [0.15, 0.2) is 0 Å². The highest BCUT2D eigenvalue weighted by molar-refractivity contribution is 5.97. The van der Waals surface area contributed by atoms with E-state index in [1.807, 2.05) is 0 Å². The molecule has 18 heavy (non-hydrogen) atoms. The normalized spacial score (nSPS) is 14.9. The van der Waals surface area contributed by atoms with Crippen LogP contribution < -0.4 is 5.32 Å². The van der Waals surface area contributed by atoms with E-state index < -0.39 is 23.2 Å². The van der Waals surface area contributed by atoms with Gasteiger partial charge in [-0.05, 0) is 5.41 Å². The lowest BCUT2D eigenvalue weighted by Crippen LogP contribution is -2.45. The molecule has 0 aliphatic rings. The van der Waals surface area contributed by atoms with E-state index in [0.29, 0.717) is 6.61 Å². The fourth-order valence-electron chi connectivity index (χ4n) is 1.59. The number of aliphatic carboxylic acids is 1. The van der Waals surface area contributed by atoms with Crippen molar-refractivity contribution >= 4 is 11.9 Å². The molecule has 0 rings (SSSR count). The molecule has 2 atom stereocenters. The minimum absolute atomic E-state index is 0.225. The molecule has 6 heteroatoms. The molecule has 0 aliphatic heterocycles. The Morgan fingerprint density at radius 1 is 1.28 bits per heavy atom. The summed E-state index contributed by atoms with van der Waals surface area (Å²) in [5, 5.41) is 11.7. The van der Waals surface area contributed by atoms with Gasteiger partial charge in [0, 0.05) is 20.8 Å². The molecule has 0 radical (unpaired) electrons. The van der Waals surface area contributed by atoms with Crippen molar-refractivity contribution in [1.29, 1.82) is 0 Å². The molecule has 2 N–H and O–H groups in total. The van der Waals surface area contributed by atoms with Crippen LogP contribution in [-0.2, 0) is 19.1 Å². The number of carboxylic acid groups (broad SMARTS) is 1. The average molecular weight is 261 g/mol. The number of carbonyl (C=O) groups is 2. The minimum Gasteiger partial charge on any atom is -0.481 e. The first-order chi connectivity index (χ1) is 8.23. The van der Waals surface area contributed by atoms with Crippen molar-refractivity contribution in [3.8, 4) is 0 Å². The molecule has 0 spiro atoms. The Morgan fingerprint density at radius 3 is 2.17 bits per heavy atom. The summed E-state index contributed by atoms with van der Waals surface area (Å²) >= 11 is 0. The number of carboxylic acids is 1. The topological polar surface area (TPSA) is 84.9 Å². The van der Waals surface area contributed by atoms with Crippen molar-refractivity contribution in [3.05, 3.63) is 0 Å². The number of methoxy groups -OCH3 is 2. The zero-order chi connectivity index (χ0) is 14.3. The second-order valence-electron chi connectivity index (χ2n) is 5.20. The number of rotatable bonds is 7. The number of carbonyl (C=O) groups excluding carboxylic acids is 1. The molecular weight excluding hydrogens is 238 g/mol. The van der Waals surface area contributed by atoms with Crippen molar-refractivity contribution < 1.29 is 24.2 Å². The fraction of sp³-hybridized carbons (Fsp3) is 0.833. The molecule has 0 saturated carbocycles. The van der Waals surface area contributed by atoms with Gasteiger partial charge in [0.2, 0.25) is 5.91 Å². The summed E-state index contributed by atoms with van der Waals surface area (Å²) < 4.78 is 9.99. The van der Waals surface area contributed by atoms with E-state index in [1.54, 1.807) is 20.8 Å². The predicted molar refractivity (Wildman–Crippen MR) is 66.3 cm³/mol. The molecule has 0 bridgehead atoms. The Kier molecular flexibility index (Phi) is 6.86. The number of hydrogen-bond acceptors (Lipinski definition) is 4. The van der Waals surface area contributed by atoms with Crippen molar-refractivity contribution in [2.75, 3.05) is 27.4 Å². The van der Waals surface area contributed by atoms with Gasteiger partial charge in [0.05, 0.1) is 12.7 Å². The molecule has 0 aromatic rings. The number of nitrogens with one attached hydrogen (secondary N) is 1. The molecule has 2 unspecified atom stereocenters. The third kappa shape index (κ3) is 5.46. The summed E-state index contributed by atoms with van der Waals surface area (Å²) in [5.74, 6) is -2.72. The van der Waals surface area contributed by atoms with E-state index in [-0.39, 0.29) is 12.6 Å². The van der Waals surface area contributed by atoms with Crippen molar-refractivity contribution in [2.45, 2.75) is 26.9 Å². The van der Waals surface area contributed by atoms with Gasteiger partial charge < -0.3 is 19.9 Å². The summed E-state index contributed by atoms with van der Waals surface area (Å²) in [6.07, 6.45) is -0.284. The molecule has 6 nitrogen and oxygen atoms in total. The van der Waals surface area contributed by atoms with Crippen LogP contribution in [-0.4, -0.2) is 50.5 Å². The van der Waals surface area contributed by atoms with E-state index in [2.05, 4.69) is 5.32 Å². The number of ether oxygens (including phenoxy) is 2. The van der Waals surface area contributed by atoms with Crippen LogP contribution >= 0.6 is 0 Å². The van der Waals surface area contributed by atoms with Gasteiger partial charge in [-0.3, -0.25) is 9.59 Å². The van der Waals surface area contributed by atoms with E-state index in [4.69, 9.17) is 14.6 Å². The zero-order valence-electron chi connectivity index (χ0n) is 11.6. The molecule has 0 fully saturated rings. The molecule has 0 aromatic heterocycles. The maximum absolute atomic E-state index is 11.9. The highest BCUT2D eigenvalue weighted by Crippen LogP contribution is 2.26. The highest BCUT2D eigenvalue weighted by Gasteiger charge is 2.37. The monoisotopic (exact) mass is 261 g/mol. The molecule has 106 valence electrons. The van der Waals surface area contributed by atoms with Crippen LogP contribution in [0.4, 0.5) is 0 Å². The van der Waals surface area contributed by atoms with Gasteiger partial charge in [-0.15, -0.1) is 0 Å². The molecule has 0 saturated heterocycles. The maximum atomic E-state index is 11.9. The number of hydrogen-bond donors (Lipinski definition) is 2. The molecule has 0 aliphatic carbocycles. The molecular formula is C12H23NO5. The minimum atomic E-state index is -1.12. The third-order valence-electron chi connectivity index (χ3n) is 2.57. The summed E-state index contributed by atoms with van der Waals surface area (Å²) in [6, 6.07) is 0.